The largest absolute Gasteiger partial charge is 0.354 e. The molecule has 0 aromatic heterocycles. The van der Waals surface area contributed by atoms with Crippen LogP contribution in [0.2, 0.25) is 5.02 Å². The van der Waals surface area contributed by atoms with Crippen LogP contribution in [0.1, 0.15) is 16.8 Å². The zero-order valence-corrected chi connectivity index (χ0v) is 11.7. The Bertz CT molecular complexity index is 479. The van der Waals surface area contributed by atoms with Crippen molar-refractivity contribution < 1.29 is 9.59 Å². The quantitative estimate of drug-likeness (QED) is 0.783. The second-order valence-electron chi connectivity index (χ2n) is 3.81. The van der Waals surface area contributed by atoms with Crippen molar-refractivity contribution in [3.63, 3.8) is 0 Å². The van der Waals surface area contributed by atoms with E-state index in [4.69, 9.17) is 11.6 Å². The molecule has 1 atom stereocenters. The zero-order chi connectivity index (χ0) is 12.4. The van der Waals surface area contributed by atoms with Gasteiger partial charge in [-0.1, -0.05) is 11.6 Å². The summed E-state index contributed by atoms with van der Waals surface area (Å²) in [6.45, 7) is 0.489. The molecule has 0 aliphatic carbocycles. The second-order valence-corrected chi connectivity index (χ2v) is 5.38. The minimum atomic E-state index is -0.204. The molecular weight excluding hydrogens is 354 g/mol. The Balaban J connectivity index is 2.04. The molecule has 0 saturated carbocycles. The Morgan fingerprint density at radius 3 is 2.88 bits per heavy atom. The van der Waals surface area contributed by atoms with Crippen LogP contribution in [-0.2, 0) is 4.79 Å². The topological polar surface area (TPSA) is 58.2 Å². The van der Waals surface area contributed by atoms with E-state index in [1.165, 1.54) is 0 Å². The number of benzene rings is 1. The van der Waals surface area contributed by atoms with Gasteiger partial charge in [0, 0.05) is 22.1 Å². The van der Waals surface area contributed by atoms with Crippen LogP contribution in [0.4, 0.5) is 0 Å². The fraction of sp³-hybridized carbons (Fsp3) is 0.273. The van der Waals surface area contributed by atoms with Gasteiger partial charge in [0.1, 0.15) is 0 Å². The van der Waals surface area contributed by atoms with Gasteiger partial charge in [-0.05, 0) is 40.8 Å². The summed E-state index contributed by atoms with van der Waals surface area (Å²) in [5.74, 6) is -0.235. The molecule has 0 bridgehead atoms. The predicted octanol–water partition coefficient (Wildman–Crippen LogP) is 1.56. The van der Waals surface area contributed by atoms with E-state index in [1.54, 1.807) is 18.2 Å². The third kappa shape index (κ3) is 3.10. The average molecular weight is 365 g/mol. The number of carbonyl (C=O) groups is 2. The fourth-order valence-corrected chi connectivity index (χ4v) is 2.13. The molecule has 1 aliphatic rings. The predicted molar refractivity (Wildman–Crippen MR) is 73.0 cm³/mol. The summed E-state index contributed by atoms with van der Waals surface area (Å²) in [6.07, 6.45) is 0.337. The minimum absolute atomic E-state index is 0.0315. The highest BCUT2D eigenvalue weighted by atomic mass is 127. The maximum absolute atomic E-state index is 11.9. The normalized spacial score (nSPS) is 18.9. The molecular formula is C11H10ClIN2O2. The molecule has 90 valence electrons. The van der Waals surface area contributed by atoms with Gasteiger partial charge in [-0.15, -0.1) is 0 Å². The molecule has 4 nitrogen and oxygen atoms in total. The number of amides is 2. The summed E-state index contributed by atoms with van der Waals surface area (Å²) in [7, 11) is 0. The number of hydrogen-bond acceptors (Lipinski definition) is 2. The smallest absolute Gasteiger partial charge is 0.251 e. The molecule has 1 saturated heterocycles. The van der Waals surface area contributed by atoms with Crippen LogP contribution in [0.25, 0.3) is 0 Å². The molecule has 2 rings (SSSR count). The number of carbonyl (C=O) groups excluding carboxylic acids is 2. The van der Waals surface area contributed by atoms with Gasteiger partial charge < -0.3 is 10.6 Å². The molecule has 6 heteroatoms. The molecule has 17 heavy (non-hydrogen) atoms. The number of nitrogens with one attached hydrogen (secondary N) is 2. The highest BCUT2D eigenvalue weighted by Gasteiger charge is 2.23. The van der Waals surface area contributed by atoms with Gasteiger partial charge in [-0.25, -0.2) is 0 Å². The summed E-state index contributed by atoms with van der Waals surface area (Å²) in [5.41, 5.74) is 0.509. The second kappa shape index (κ2) is 5.22. The summed E-state index contributed by atoms with van der Waals surface area (Å²) in [4.78, 5) is 22.8. The highest BCUT2D eigenvalue weighted by molar-refractivity contribution is 14.1. The van der Waals surface area contributed by atoms with E-state index >= 15 is 0 Å². The first-order valence-electron chi connectivity index (χ1n) is 5.09. The molecule has 2 N–H and O–H groups in total. The van der Waals surface area contributed by atoms with Crippen LogP contribution in [0.5, 0.6) is 0 Å². The van der Waals surface area contributed by atoms with Gasteiger partial charge in [0.15, 0.2) is 0 Å². The van der Waals surface area contributed by atoms with Gasteiger partial charge in [0.25, 0.3) is 5.91 Å². The summed E-state index contributed by atoms with van der Waals surface area (Å²) in [6, 6.07) is 5.00. The molecule has 0 spiro atoms. The van der Waals surface area contributed by atoms with Crippen molar-refractivity contribution in [3.05, 3.63) is 32.4 Å². The molecule has 0 radical (unpaired) electrons. The first kappa shape index (κ1) is 12.6. The molecule has 1 aromatic carbocycles. The van der Waals surface area contributed by atoms with E-state index in [2.05, 4.69) is 33.2 Å². The van der Waals surface area contributed by atoms with E-state index in [9.17, 15) is 9.59 Å². The number of hydrogen-bond donors (Lipinski definition) is 2. The molecule has 1 heterocycles. The standard InChI is InChI=1S/C11H10ClIN2O2/c12-8-3-6(1-2-9(8)13)11(17)15-7-4-10(16)14-5-7/h1-3,7H,4-5H2,(H,14,16)(H,15,17). The van der Waals surface area contributed by atoms with Gasteiger partial charge in [-0.2, -0.15) is 0 Å². The maximum Gasteiger partial charge on any atom is 0.251 e. The summed E-state index contributed by atoms with van der Waals surface area (Å²) >= 11 is 8.04. The minimum Gasteiger partial charge on any atom is -0.354 e. The highest BCUT2D eigenvalue weighted by Crippen LogP contribution is 2.19. The Hall–Kier alpha value is -0.820. The van der Waals surface area contributed by atoms with Crippen LogP contribution in [-0.4, -0.2) is 24.4 Å². The van der Waals surface area contributed by atoms with E-state index in [0.717, 1.165) is 3.57 Å². The van der Waals surface area contributed by atoms with Crippen LogP contribution in [0.15, 0.2) is 18.2 Å². The van der Waals surface area contributed by atoms with E-state index in [1.807, 2.05) is 0 Å². The van der Waals surface area contributed by atoms with Gasteiger partial charge in [0.05, 0.1) is 11.1 Å². The molecule has 2 amide bonds. The lowest BCUT2D eigenvalue weighted by Gasteiger charge is -2.10. The Morgan fingerprint density at radius 2 is 2.29 bits per heavy atom. The van der Waals surface area contributed by atoms with E-state index in [0.29, 0.717) is 23.6 Å². The Morgan fingerprint density at radius 1 is 1.53 bits per heavy atom. The van der Waals surface area contributed by atoms with Crippen molar-refractivity contribution in [2.24, 2.45) is 0 Å². The van der Waals surface area contributed by atoms with Gasteiger partial charge in [0.2, 0.25) is 5.91 Å². The monoisotopic (exact) mass is 364 g/mol. The Kier molecular flexibility index (Phi) is 3.88. The van der Waals surface area contributed by atoms with Crippen molar-refractivity contribution in [2.45, 2.75) is 12.5 Å². The van der Waals surface area contributed by atoms with Gasteiger partial charge in [-0.3, -0.25) is 9.59 Å². The van der Waals surface area contributed by atoms with Crippen LogP contribution in [0.3, 0.4) is 0 Å². The van der Waals surface area contributed by atoms with Crippen molar-refractivity contribution >= 4 is 46.0 Å². The first-order valence-corrected chi connectivity index (χ1v) is 6.54. The molecule has 1 aliphatic heterocycles. The summed E-state index contributed by atoms with van der Waals surface area (Å²) < 4.78 is 0.901. The lowest BCUT2D eigenvalue weighted by Crippen LogP contribution is -2.36. The molecule has 1 unspecified atom stereocenters. The zero-order valence-electron chi connectivity index (χ0n) is 8.80. The lowest BCUT2D eigenvalue weighted by molar-refractivity contribution is -0.119. The molecule has 1 aromatic rings. The fourth-order valence-electron chi connectivity index (χ4n) is 1.61. The number of halogens is 2. The van der Waals surface area contributed by atoms with Crippen molar-refractivity contribution in [3.8, 4) is 0 Å². The number of rotatable bonds is 2. The van der Waals surface area contributed by atoms with Crippen molar-refractivity contribution in [2.75, 3.05) is 6.54 Å². The summed E-state index contributed by atoms with van der Waals surface area (Å²) in [5, 5.41) is 6.01. The Labute approximate surface area is 117 Å². The van der Waals surface area contributed by atoms with Crippen molar-refractivity contribution in [1.82, 2.24) is 10.6 Å². The third-order valence-electron chi connectivity index (χ3n) is 2.49. The first-order chi connectivity index (χ1) is 8.06. The van der Waals surface area contributed by atoms with Crippen LogP contribution >= 0.6 is 34.2 Å². The van der Waals surface area contributed by atoms with Crippen molar-refractivity contribution in [1.29, 1.82) is 0 Å². The van der Waals surface area contributed by atoms with Gasteiger partial charge >= 0.3 is 0 Å². The van der Waals surface area contributed by atoms with Crippen LogP contribution < -0.4 is 10.6 Å². The van der Waals surface area contributed by atoms with E-state index in [-0.39, 0.29) is 17.9 Å². The molecule has 1 fully saturated rings. The third-order valence-corrected chi connectivity index (χ3v) is 4.07. The average Bonchev–Trinajstić information content (AvgIpc) is 2.68. The lowest BCUT2D eigenvalue weighted by atomic mass is 10.2. The van der Waals surface area contributed by atoms with Crippen LogP contribution in [0, 0.1) is 3.57 Å². The van der Waals surface area contributed by atoms with E-state index < -0.39 is 0 Å². The maximum atomic E-state index is 11.9. The SMILES string of the molecule is O=C1CC(NC(=O)c2ccc(I)c(Cl)c2)CN1.